The molecule has 5 heteroatoms. The topological polar surface area (TPSA) is 54.5 Å². The summed E-state index contributed by atoms with van der Waals surface area (Å²) in [6.07, 6.45) is 9.17. The first-order valence-electron chi connectivity index (χ1n) is 8.32. The fourth-order valence-corrected chi connectivity index (χ4v) is 5.67. The summed E-state index contributed by atoms with van der Waals surface area (Å²) in [6, 6.07) is 0.117. The lowest BCUT2D eigenvalue weighted by molar-refractivity contribution is -0.134. The van der Waals surface area contributed by atoms with Gasteiger partial charge in [-0.3, -0.25) is 4.79 Å². The molecule has 0 aliphatic heterocycles. The molecule has 0 aromatic carbocycles. The molecular formula is C16H27NO3S. The third-order valence-corrected chi connectivity index (χ3v) is 6.66. The van der Waals surface area contributed by atoms with Crippen LogP contribution in [0.3, 0.4) is 0 Å². The van der Waals surface area contributed by atoms with Crippen molar-refractivity contribution in [1.29, 1.82) is 0 Å². The summed E-state index contributed by atoms with van der Waals surface area (Å²) in [5.41, 5.74) is 0. The number of fused-ring (bicyclic) bond motifs is 2. The number of carbonyl (C=O) groups is 1. The Kier molecular flexibility index (Phi) is 4.06. The summed E-state index contributed by atoms with van der Waals surface area (Å²) in [5, 5.41) is 0. The molecule has 0 spiro atoms. The van der Waals surface area contributed by atoms with Crippen LogP contribution in [-0.2, 0) is 14.6 Å². The Bertz CT molecular complexity index is 512. The van der Waals surface area contributed by atoms with Gasteiger partial charge in [0, 0.05) is 24.8 Å². The predicted molar refractivity (Wildman–Crippen MR) is 82.6 cm³/mol. The van der Waals surface area contributed by atoms with E-state index in [1.165, 1.54) is 31.9 Å². The second-order valence-corrected chi connectivity index (χ2v) is 9.80. The SMILES string of the molecule is C[C@@H](CS(C)(=O)=O)N(C(=O)C[C@@H]1C[C@H]2CC[C@H]1C2)C1CC1. The first kappa shape index (κ1) is 15.3. The van der Waals surface area contributed by atoms with Gasteiger partial charge in [-0.25, -0.2) is 8.42 Å². The second kappa shape index (κ2) is 5.56. The second-order valence-electron chi connectivity index (χ2n) is 7.61. The molecule has 3 rings (SSSR count). The zero-order chi connectivity index (χ0) is 15.2. The number of sulfone groups is 1. The summed E-state index contributed by atoms with van der Waals surface area (Å²) >= 11 is 0. The molecular weight excluding hydrogens is 286 g/mol. The van der Waals surface area contributed by atoms with Gasteiger partial charge < -0.3 is 4.90 Å². The quantitative estimate of drug-likeness (QED) is 0.755. The summed E-state index contributed by atoms with van der Waals surface area (Å²) in [4.78, 5) is 14.6. The standard InChI is InChI=1S/C16H27NO3S/c1-11(10-21(2,19)20)17(15-5-6-15)16(18)9-14-8-12-3-4-13(14)7-12/h11-15H,3-10H2,1-2H3/t11-,12-,13-,14-/m0/s1. The molecule has 1 amide bonds. The lowest BCUT2D eigenvalue weighted by atomic mass is 9.86. The molecule has 0 aromatic rings. The molecule has 0 saturated heterocycles. The van der Waals surface area contributed by atoms with Crippen molar-refractivity contribution in [3.8, 4) is 0 Å². The Morgan fingerprint density at radius 2 is 1.90 bits per heavy atom. The van der Waals surface area contributed by atoms with Crippen molar-refractivity contribution in [3.05, 3.63) is 0 Å². The predicted octanol–water partition coefficient (Wildman–Crippen LogP) is 2.24. The van der Waals surface area contributed by atoms with Gasteiger partial charge in [0.2, 0.25) is 5.91 Å². The van der Waals surface area contributed by atoms with E-state index in [0.717, 1.165) is 24.7 Å². The van der Waals surface area contributed by atoms with Crippen molar-refractivity contribution < 1.29 is 13.2 Å². The lowest BCUT2D eigenvalue weighted by Crippen LogP contribution is -2.44. The Morgan fingerprint density at radius 1 is 1.19 bits per heavy atom. The minimum absolute atomic E-state index is 0.0892. The van der Waals surface area contributed by atoms with Gasteiger partial charge in [-0.2, -0.15) is 0 Å². The average molecular weight is 313 g/mol. The summed E-state index contributed by atoms with van der Waals surface area (Å²) in [7, 11) is -3.04. The fourth-order valence-electron chi connectivity index (χ4n) is 4.64. The highest BCUT2D eigenvalue weighted by Gasteiger charge is 2.43. The molecule has 120 valence electrons. The van der Waals surface area contributed by atoms with Crippen LogP contribution in [0.1, 0.15) is 51.9 Å². The molecule has 0 unspecified atom stereocenters. The van der Waals surface area contributed by atoms with Crippen molar-refractivity contribution in [2.75, 3.05) is 12.0 Å². The Morgan fingerprint density at radius 3 is 2.38 bits per heavy atom. The molecule has 0 radical (unpaired) electrons. The highest BCUT2D eigenvalue weighted by atomic mass is 32.2. The molecule has 3 fully saturated rings. The maximum Gasteiger partial charge on any atom is 0.223 e. The van der Waals surface area contributed by atoms with Crippen LogP contribution in [0.2, 0.25) is 0 Å². The Labute approximate surface area is 128 Å². The van der Waals surface area contributed by atoms with E-state index in [1.807, 2.05) is 11.8 Å². The van der Waals surface area contributed by atoms with Gasteiger partial charge in [0.25, 0.3) is 0 Å². The average Bonchev–Trinajstić information content (AvgIpc) is 2.95. The van der Waals surface area contributed by atoms with Gasteiger partial charge in [-0.1, -0.05) is 6.42 Å². The van der Waals surface area contributed by atoms with Gasteiger partial charge in [0.1, 0.15) is 9.84 Å². The van der Waals surface area contributed by atoms with Crippen LogP contribution in [0.25, 0.3) is 0 Å². The van der Waals surface area contributed by atoms with Crippen molar-refractivity contribution >= 4 is 15.7 Å². The lowest BCUT2D eigenvalue weighted by Gasteiger charge is -2.31. The minimum atomic E-state index is -3.04. The number of hydrogen-bond acceptors (Lipinski definition) is 3. The van der Waals surface area contributed by atoms with Crippen LogP contribution in [-0.4, -0.2) is 43.3 Å². The zero-order valence-corrected chi connectivity index (χ0v) is 13.9. The van der Waals surface area contributed by atoms with E-state index in [2.05, 4.69) is 0 Å². The van der Waals surface area contributed by atoms with Crippen molar-refractivity contribution in [2.24, 2.45) is 17.8 Å². The van der Waals surface area contributed by atoms with Gasteiger partial charge >= 0.3 is 0 Å². The van der Waals surface area contributed by atoms with Gasteiger partial charge in [0.15, 0.2) is 0 Å². The van der Waals surface area contributed by atoms with Crippen LogP contribution < -0.4 is 0 Å². The molecule has 3 aliphatic rings. The largest absolute Gasteiger partial charge is 0.336 e. The van der Waals surface area contributed by atoms with Crippen LogP contribution in [0, 0.1) is 17.8 Å². The molecule has 4 nitrogen and oxygen atoms in total. The van der Waals surface area contributed by atoms with Crippen molar-refractivity contribution in [3.63, 3.8) is 0 Å². The van der Waals surface area contributed by atoms with Crippen LogP contribution >= 0.6 is 0 Å². The van der Waals surface area contributed by atoms with Crippen molar-refractivity contribution in [2.45, 2.75) is 64.0 Å². The van der Waals surface area contributed by atoms with E-state index >= 15 is 0 Å². The molecule has 3 saturated carbocycles. The van der Waals surface area contributed by atoms with E-state index in [1.54, 1.807) is 0 Å². The minimum Gasteiger partial charge on any atom is -0.336 e. The fraction of sp³-hybridized carbons (Fsp3) is 0.938. The van der Waals surface area contributed by atoms with Crippen LogP contribution in [0.4, 0.5) is 0 Å². The third-order valence-electron chi connectivity index (χ3n) is 5.57. The summed E-state index contributed by atoms with van der Waals surface area (Å²) in [6.45, 7) is 1.89. The Balaban J connectivity index is 1.62. The third kappa shape index (κ3) is 3.61. The maximum atomic E-state index is 12.7. The van der Waals surface area contributed by atoms with E-state index in [9.17, 15) is 13.2 Å². The smallest absolute Gasteiger partial charge is 0.223 e. The van der Waals surface area contributed by atoms with E-state index < -0.39 is 9.84 Å². The first-order chi connectivity index (χ1) is 9.83. The zero-order valence-electron chi connectivity index (χ0n) is 13.1. The van der Waals surface area contributed by atoms with E-state index in [0.29, 0.717) is 18.4 Å². The van der Waals surface area contributed by atoms with Gasteiger partial charge in [-0.15, -0.1) is 0 Å². The van der Waals surface area contributed by atoms with Crippen LogP contribution in [0.5, 0.6) is 0 Å². The monoisotopic (exact) mass is 313 g/mol. The number of amides is 1. The Hall–Kier alpha value is -0.580. The van der Waals surface area contributed by atoms with Gasteiger partial charge in [0.05, 0.1) is 5.75 Å². The highest BCUT2D eigenvalue weighted by molar-refractivity contribution is 7.90. The van der Waals surface area contributed by atoms with Gasteiger partial charge in [-0.05, 0) is 56.8 Å². The van der Waals surface area contributed by atoms with E-state index in [-0.39, 0.29) is 17.7 Å². The highest BCUT2D eigenvalue weighted by Crippen LogP contribution is 2.50. The normalized spacial score (nSPS) is 33.1. The number of rotatable bonds is 6. The molecule has 0 heterocycles. The molecule has 0 aromatic heterocycles. The molecule has 2 bridgehead atoms. The molecule has 4 atom stereocenters. The number of carbonyl (C=O) groups excluding carboxylic acids is 1. The number of hydrogen-bond donors (Lipinski definition) is 0. The summed E-state index contributed by atoms with van der Waals surface area (Å²) in [5.74, 6) is 2.46. The number of nitrogens with zero attached hydrogens (tertiary/aromatic N) is 1. The molecule has 3 aliphatic carbocycles. The molecule has 0 N–H and O–H groups in total. The summed E-state index contributed by atoms with van der Waals surface area (Å²) < 4.78 is 23.0. The first-order valence-corrected chi connectivity index (χ1v) is 10.4. The van der Waals surface area contributed by atoms with Crippen molar-refractivity contribution in [1.82, 2.24) is 4.90 Å². The van der Waals surface area contributed by atoms with Crippen LogP contribution in [0.15, 0.2) is 0 Å². The maximum absolute atomic E-state index is 12.7. The van der Waals surface area contributed by atoms with E-state index in [4.69, 9.17) is 0 Å². The molecule has 21 heavy (non-hydrogen) atoms.